The van der Waals surface area contributed by atoms with Crippen molar-refractivity contribution in [3.63, 3.8) is 0 Å². The highest BCUT2D eigenvalue weighted by molar-refractivity contribution is 7.23. The predicted molar refractivity (Wildman–Crippen MR) is 163 cm³/mol. The van der Waals surface area contributed by atoms with Crippen LogP contribution in [0.2, 0.25) is 0 Å². The molecule has 0 aliphatic carbocycles. The molecule has 2 saturated heterocycles. The fourth-order valence-electron chi connectivity index (χ4n) is 6.34. The zero-order valence-electron chi connectivity index (χ0n) is 25.0. The molecule has 3 heterocycles. The normalized spacial score (nSPS) is 22.5. The number of nitrogens with one attached hydrogen (secondary N) is 2. The van der Waals surface area contributed by atoms with Gasteiger partial charge in [0.25, 0.3) is 5.91 Å². The number of nitrogens with two attached hydrogens (primary N) is 1. The molecule has 2 aromatic rings. The third kappa shape index (κ3) is 7.10. The quantitative estimate of drug-likeness (QED) is 0.344. The van der Waals surface area contributed by atoms with Crippen molar-refractivity contribution in [1.82, 2.24) is 15.1 Å². The number of carbonyl (C=O) groups excluding carboxylic acids is 5. The number of likely N-dealkylation sites (tertiary alicyclic amines) is 2. The molecule has 4 N–H and O–H groups in total. The van der Waals surface area contributed by atoms with Crippen LogP contribution in [0.5, 0.6) is 0 Å². The average molecular weight is 616 g/mol. The van der Waals surface area contributed by atoms with E-state index in [-0.39, 0.29) is 50.6 Å². The lowest BCUT2D eigenvalue weighted by molar-refractivity contribution is -0.164. The van der Waals surface area contributed by atoms with E-state index in [0.29, 0.717) is 54.8 Å². The van der Waals surface area contributed by atoms with Gasteiger partial charge in [0.15, 0.2) is 0 Å². The average Bonchev–Trinajstić information content (AvgIpc) is 3.34. The Morgan fingerprint density at radius 1 is 1.07 bits per heavy atom. The van der Waals surface area contributed by atoms with Crippen molar-refractivity contribution in [1.29, 1.82) is 0 Å². The van der Waals surface area contributed by atoms with Gasteiger partial charge in [-0.3, -0.25) is 29.4 Å². The first-order valence-electron chi connectivity index (χ1n) is 14.9. The Morgan fingerprint density at radius 3 is 2.51 bits per heavy atom. The third-order valence-corrected chi connectivity index (χ3v) is 9.24. The second-order valence-electron chi connectivity index (χ2n) is 11.0. The number of fused-ring (bicyclic) bond motifs is 1. The predicted octanol–water partition coefficient (Wildman–Crippen LogP) is 2.96. The van der Waals surface area contributed by atoms with Crippen LogP contribution in [0.15, 0.2) is 24.3 Å². The molecule has 1 aromatic heterocycles. The lowest BCUT2D eigenvalue weighted by Crippen LogP contribution is -2.60. The molecular formula is C30H41N5O7S. The zero-order valence-corrected chi connectivity index (χ0v) is 25.8. The van der Waals surface area contributed by atoms with Gasteiger partial charge in [-0.15, -0.1) is 11.3 Å². The van der Waals surface area contributed by atoms with Gasteiger partial charge in [0.2, 0.25) is 5.91 Å². The molecule has 12 nitrogen and oxygen atoms in total. The topological polar surface area (TPSA) is 160 Å². The number of urea groups is 1. The first-order valence-corrected chi connectivity index (χ1v) is 15.7. The summed E-state index contributed by atoms with van der Waals surface area (Å²) >= 11 is 1.26. The van der Waals surface area contributed by atoms with Gasteiger partial charge < -0.3 is 25.4 Å². The van der Waals surface area contributed by atoms with E-state index in [4.69, 9.17) is 15.2 Å². The molecule has 2 aliphatic rings. The minimum absolute atomic E-state index is 0.00154. The number of thiophene rings is 1. The van der Waals surface area contributed by atoms with Gasteiger partial charge in [0.1, 0.15) is 5.00 Å². The van der Waals surface area contributed by atoms with Crippen LogP contribution in [0, 0.1) is 11.3 Å². The number of rotatable bonds is 10. The van der Waals surface area contributed by atoms with Gasteiger partial charge in [0, 0.05) is 48.7 Å². The summed E-state index contributed by atoms with van der Waals surface area (Å²) in [6, 6.07) is 6.27. The van der Waals surface area contributed by atoms with E-state index in [1.165, 1.54) is 11.3 Å². The Labute approximate surface area is 255 Å². The van der Waals surface area contributed by atoms with Gasteiger partial charge in [-0.25, -0.2) is 4.79 Å². The Kier molecular flexibility index (Phi) is 10.6. The molecule has 0 bridgehead atoms. The molecule has 3 unspecified atom stereocenters. The summed E-state index contributed by atoms with van der Waals surface area (Å²) in [6.07, 6.45) is 1.60. The van der Waals surface area contributed by atoms with Crippen molar-refractivity contribution >= 4 is 56.2 Å². The highest BCUT2D eigenvalue weighted by Gasteiger charge is 2.49. The first-order chi connectivity index (χ1) is 20.6. The molecule has 43 heavy (non-hydrogen) atoms. The van der Waals surface area contributed by atoms with Crippen molar-refractivity contribution in [2.45, 2.75) is 52.5 Å². The number of carbonyl (C=O) groups is 5. The molecule has 4 rings (SSSR count). The van der Waals surface area contributed by atoms with Crippen LogP contribution >= 0.6 is 11.3 Å². The number of hydrogen-bond acceptors (Lipinski definition) is 9. The molecule has 4 amide bonds. The largest absolute Gasteiger partial charge is 0.466 e. The maximum atomic E-state index is 14.0. The van der Waals surface area contributed by atoms with Crippen LogP contribution in [0.1, 0.15) is 56.8 Å². The number of benzene rings is 1. The van der Waals surface area contributed by atoms with E-state index in [1.54, 1.807) is 18.7 Å². The van der Waals surface area contributed by atoms with E-state index in [1.807, 2.05) is 31.2 Å². The summed E-state index contributed by atoms with van der Waals surface area (Å²) < 4.78 is 11.7. The Balaban J connectivity index is 1.62. The summed E-state index contributed by atoms with van der Waals surface area (Å²) in [6.45, 7) is 7.47. The van der Waals surface area contributed by atoms with Crippen molar-refractivity contribution in [2.24, 2.45) is 17.1 Å². The Bertz CT molecular complexity index is 1360. The molecule has 2 fully saturated rings. The smallest absolute Gasteiger partial charge is 0.317 e. The summed E-state index contributed by atoms with van der Waals surface area (Å²) in [5.41, 5.74) is 4.70. The van der Waals surface area contributed by atoms with Gasteiger partial charge in [-0.05, 0) is 52.6 Å². The maximum Gasteiger partial charge on any atom is 0.317 e. The van der Waals surface area contributed by atoms with E-state index >= 15 is 0 Å². The molecule has 234 valence electrons. The number of ether oxygens (including phenoxy) is 2. The standard InChI is InChI=1S/C30H41N5O7S/c1-4-32-23(36)16-30(28(39)42-6-3)13-9-14-35(18-30)21-12-15-34(17-20(21)27(38)41-5-2)26(37)24-19-10-7-8-11-22(19)43-25(24)33-29(31)40/h7-8,10-11,20-21H,4-6,9,12-18H2,1-3H3,(H,32,36)(H3,31,33,40). The van der Waals surface area contributed by atoms with Crippen LogP contribution < -0.4 is 16.4 Å². The van der Waals surface area contributed by atoms with Crippen LogP contribution in [-0.2, 0) is 23.9 Å². The minimum atomic E-state index is -1.04. The maximum absolute atomic E-state index is 14.0. The number of nitrogens with zero attached hydrogens (tertiary/aromatic N) is 2. The van der Waals surface area contributed by atoms with Crippen molar-refractivity contribution in [2.75, 3.05) is 51.3 Å². The second kappa shape index (κ2) is 14.2. The van der Waals surface area contributed by atoms with Crippen LogP contribution in [0.25, 0.3) is 10.1 Å². The number of esters is 2. The monoisotopic (exact) mass is 615 g/mol. The molecule has 13 heteroatoms. The number of anilines is 1. The lowest BCUT2D eigenvalue weighted by Gasteiger charge is -2.48. The molecule has 1 aromatic carbocycles. The molecule has 0 radical (unpaired) electrons. The van der Waals surface area contributed by atoms with E-state index in [2.05, 4.69) is 15.5 Å². The van der Waals surface area contributed by atoms with Crippen molar-refractivity contribution in [3.8, 4) is 0 Å². The van der Waals surface area contributed by atoms with Crippen molar-refractivity contribution in [3.05, 3.63) is 29.8 Å². The third-order valence-electron chi connectivity index (χ3n) is 8.16. The highest BCUT2D eigenvalue weighted by atomic mass is 32.1. The fraction of sp³-hybridized carbons (Fsp3) is 0.567. The first kappa shape index (κ1) is 32.2. The van der Waals surface area contributed by atoms with Gasteiger partial charge in [0.05, 0.1) is 30.1 Å². The van der Waals surface area contributed by atoms with Gasteiger partial charge in [-0.2, -0.15) is 0 Å². The molecule has 0 spiro atoms. The SMILES string of the molecule is CCNC(=O)CC1(C(=O)OCC)CCCN(C2CCN(C(=O)c3c(NC(N)=O)sc4ccccc34)CC2C(=O)OCC)C1. The number of amides is 4. The van der Waals surface area contributed by atoms with Gasteiger partial charge >= 0.3 is 18.0 Å². The second-order valence-corrected chi connectivity index (χ2v) is 12.0. The number of hydrogen-bond donors (Lipinski definition) is 3. The highest BCUT2D eigenvalue weighted by Crippen LogP contribution is 2.40. The van der Waals surface area contributed by atoms with Crippen molar-refractivity contribution < 1.29 is 33.4 Å². The van der Waals surface area contributed by atoms with E-state index in [9.17, 15) is 24.0 Å². The van der Waals surface area contributed by atoms with Gasteiger partial charge in [-0.1, -0.05) is 18.2 Å². The Morgan fingerprint density at radius 2 is 1.81 bits per heavy atom. The van der Waals surface area contributed by atoms with Crippen LogP contribution in [0.4, 0.5) is 9.80 Å². The number of piperidine rings is 2. The summed E-state index contributed by atoms with van der Waals surface area (Å²) in [7, 11) is 0. The van der Waals surface area contributed by atoms with E-state index in [0.717, 1.165) is 4.70 Å². The zero-order chi connectivity index (χ0) is 31.1. The molecular weight excluding hydrogens is 574 g/mol. The minimum Gasteiger partial charge on any atom is -0.466 e. The fourth-order valence-corrected chi connectivity index (χ4v) is 7.44. The summed E-state index contributed by atoms with van der Waals surface area (Å²) in [5, 5.41) is 6.43. The Hall–Kier alpha value is -3.71. The van der Waals surface area contributed by atoms with E-state index < -0.39 is 29.3 Å². The lowest BCUT2D eigenvalue weighted by atomic mass is 9.75. The van der Waals surface area contributed by atoms with Crippen LogP contribution in [-0.4, -0.2) is 91.6 Å². The molecule has 3 atom stereocenters. The number of primary amides is 1. The summed E-state index contributed by atoms with van der Waals surface area (Å²) in [5.74, 6) is -2.05. The van der Waals surface area contributed by atoms with Crippen LogP contribution in [0.3, 0.4) is 0 Å². The molecule has 0 saturated carbocycles. The summed E-state index contributed by atoms with van der Waals surface area (Å²) in [4.78, 5) is 68.8. The molecule has 2 aliphatic heterocycles.